The highest BCUT2D eigenvalue weighted by Gasteiger charge is 2.28. The standard InChI is InChI=1S/C15H24N2/c1-12-4-5-13(2)14(10-12)11-17(9-3-8-16)15-6-7-15/h4-5,10,15H,3,6-9,11,16H2,1-2H3. The lowest BCUT2D eigenvalue weighted by Crippen LogP contribution is -2.28. The summed E-state index contributed by atoms with van der Waals surface area (Å²) in [4.78, 5) is 2.61. The van der Waals surface area contributed by atoms with Gasteiger partial charge in [-0.05, 0) is 57.3 Å². The smallest absolute Gasteiger partial charge is 0.0239 e. The van der Waals surface area contributed by atoms with Crippen LogP contribution in [0.25, 0.3) is 0 Å². The van der Waals surface area contributed by atoms with Gasteiger partial charge in [0.1, 0.15) is 0 Å². The fourth-order valence-corrected chi connectivity index (χ4v) is 2.31. The Morgan fingerprint density at radius 1 is 1.29 bits per heavy atom. The van der Waals surface area contributed by atoms with E-state index < -0.39 is 0 Å². The predicted octanol–water partition coefficient (Wildman–Crippen LogP) is 2.62. The van der Waals surface area contributed by atoms with Crippen molar-refractivity contribution in [2.45, 2.75) is 45.7 Å². The number of nitrogens with two attached hydrogens (primary N) is 1. The molecule has 0 spiro atoms. The molecule has 1 aromatic carbocycles. The van der Waals surface area contributed by atoms with Gasteiger partial charge in [-0.25, -0.2) is 0 Å². The monoisotopic (exact) mass is 232 g/mol. The molecule has 0 amide bonds. The van der Waals surface area contributed by atoms with Gasteiger partial charge in [-0.3, -0.25) is 4.90 Å². The Kier molecular flexibility index (Phi) is 4.19. The van der Waals surface area contributed by atoms with Gasteiger partial charge in [-0.2, -0.15) is 0 Å². The fraction of sp³-hybridized carbons (Fsp3) is 0.600. The molecule has 17 heavy (non-hydrogen) atoms. The molecule has 0 aromatic heterocycles. The van der Waals surface area contributed by atoms with E-state index in [0.717, 1.165) is 32.1 Å². The van der Waals surface area contributed by atoms with Gasteiger partial charge in [0.25, 0.3) is 0 Å². The van der Waals surface area contributed by atoms with Crippen molar-refractivity contribution in [2.75, 3.05) is 13.1 Å². The van der Waals surface area contributed by atoms with Crippen LogP contribution in [0.15, 0.2) is 18.2 Å². The Balaban J connectivity index is 2.03. The minimum atomic E-state index is 0.802. The summed E-state index contributed by atoms with van der Waals surface area (Å²) >= 11 is 0. The third-order valence-electron chi connectivity index (χ3n) is 3.59. The van der Waals surface area contributed by atoms with Gasteiger partial charge >= 0.3 is 0 Å². The minimum absolute atomic E-state index is 0.802. The van der Waals surface area contributed by atoms with Crippen LogP contribution in [0.5, 0.6) is 0 Å². The van der Waals surface area contributed by atoms with E-state index in [-0.39, 0.29) is 0 Å². The zero-order valence-corrected chi connectivity index (χ0v) is 11.1. The number of benzene rings is 1. The highest BCUT2D eigenvalue weighted by molar-refractivity contribution is 5.30. The quantitative estimate of drug-likeness (QED) is 0.817. The molecule has 1 aliphatic carbocycles. The summed E-state index contributed by atoms with van der Waals surface area (Å²) in [7, 11) is 0. The Morgan fingerprint density at radius 2 is 2.06 bits per heavy atom. The normalized spacial score (nSPS) is 15.5. The second-order valence-corrected chi connectivity index (χ2v) is 5.27. The second kappa shape index (κ2) is 5.65. The molecule has 0 saturated heterocycles. The summed E-state index contributed by atoms with van der Waals surface area (Å²) in [6.07, 6.45) is 3.85. The largest absolute Gasteiger partial charge is 0.330 e. The first-order valence-electron chi connectivity index (χ1n) is 6.71. The summed E-state index contributed by atoms with van der Waals surface area (Å²) in [6.45, 7) is 7.43. The number of aryl methyl sites for hydroxylation is 2. The number of rotatable bonds is 6. The van der Waals surface area contributed by atoms with E-state index in [9.17, 15) is 0 Å². The molecule has 2 N–H and O–H groups in total. The molecule has 0 bridgehead atoms. The van der Waals surface area contributed by atoms with Crippen LogP contribution >= 0.6 is 0 Å². The van der Waals surface area contributed by atoms with Crippen molar-refractivity contribution in [3.63, 3.8) is 0 Å². The topological polar surface area (TPSA) is 29.3 Å². The maximum atomic E-state index is 5.62. The Morgan fingerprint density at radius 3 is 2.71 bits per heavy atom. The zero-order valence-electron chi connectivity index (χ0n) is 11.1. The number of hydrogen-bond acceptors (Lipinski definition) is 2. The molecule has 0 heterocycles. The van der Waals surface area contributed by atoms with Crippen LogP contribution in [-0.4, -0.2) is 24.0 Å². The van der Waals surface area contributed by atoms with Crippen LogP contribution in [0, 0.1) is 13.8 Å². The van der Waals surface area contributed by atoms with E-state index in [2.05, 4.69) is 36.9 Å². The van der Waals surface area contributed by atoms with Crippen LogP contribution in [0.1, 0.15) is 36.0 Å². The van der Waals surface area contributed by atoms with E-state index in [1.54, 1.807) is 0 Å². The first-order chi connectivity index (χ1) is 8.20. The lowest BCUT2D eigenvalue weighted by Gasteiger charge is -2.23. The molecule has 1 aliphatic rings. The van der Waals surface area contributed by atoms with Gasteiger partial charge in [0.15, 0.2) is 0 Å². The SMILES string of the molecule is Cc1ccc(C)c(CN(CCCN)C2CC2)c1. The van der Waals surface area contributed by atoms with Crippen molar-refractivity contribution >= 4 is 0 Å². The molecule has 2 nitrogen and oxygen atoms in total. The Hall–Kier alpha value is -0.860. The predicted molar refractivity (Wildman–Crippen MR) is 73.0 cm³/mol. The molecule has 1 fully saturated rings. The maximum absolute atomic E-state index is 5.62. The van der Waals surface area contributed by atoms with Crippen molar-refractivity contribution in [1.82, 2.24) is 4.90 Å². The second-order valence-electron chi connectivity index (χ2n) is 5.27. The number of nitrogens with zero attached hydrogens (tertiary/aromatic N) is 1. The molecule has 1 aromatic rings. The summed E-state index contributed by atoms with van der Waals surface area (Å²) in [5.41, 5.74) is 9.87. The molecule has 0 atom stereocenters. The Bertz CT molecular complexity index is 369. The average Bonchev–Trinajstić information content (AvgIpc) is 3.13. The number of hydrogen-bond donors (Lipinski definition) is 1. The van der Waals surface area contributed by atoms with E-state index in [4.69, 9.17) is 5.73 Å². The first-order valence-corrected chi connectivity index (χ1v) is 6.71. The molecule has 0 unspecified atom stereocenters. The Labute approximate surface area is 105 Å². The van der Waals surface area contributed by atoms with Crippen molar-refractivity contribution in [3.8, 4) is 0 Å². The van der Waals surface area contributed by atoms with Crippen molar-refractivity contribution < 1.29 is 0 Å². The van der Waals surface area contributed by atoms with Gasteiger partial charge in [-0.15, -0.1) is 0 Å². The molecule has 94 valence electrons. The van der Waals surface area contributed by atoms with E-state index in [1.165, 1.54) is 29.5 Å². The lowest BCUT2D eigenvalue weighted by molar-refractivity contribution is 0.252. The van der Waals surface area contributed by atoms with Gasteiger partial charge in [0.05, 0.1) is 0 Å². The van der Waals surface area contributed by atoms with Gasteiger partial charge in [0.2, 0.25) is 0 Å². The van der Waals surface area contributed by atoms with E-state index in [0.29, 0.717) is 0 Å². The van der Waals surface area contributed by atoms with Crippen LogP contribution in [0.2, 0.25) is 0 Å². The van der Waals surface area contributed by atoms with Crippen molar-refractivity contribution in [3.05, 3.63) is 34.9 Å². The molecule has 0 radical (unpaired) electrons. The van der Waals surface area contributed by atoms with Gasteiger partial charge in [-0.1, -0.05) is 23.8 Å². The lowest BCUT2D eigenvalue weighted by atomic mass is 10.1. The summed E-state index contributed by atoms with van der Waals surface area (Å²) in [5.74, 6) is 0. The summed E-state index contributed by atoms with van der Waals surface area (Å²) < 4.78 is 0. The van der Waals surface area contributed by atoms with E-state index >= 15 is 0 Å². The van der Waals surface area contributed by atoms with E-state index in [1.807, 2.05) is 0 Å². The first kappa shape index (κ1) is 12.6. The minimum Gasteiger partial charge on any atom is -0.330 e. The molecule has 2 rings (SSSR count). The average molecular weight is 232 g/mol. The van der Waals surface area contributed by atoms with Gasteiger partial charge < -0.3 is 5.73 Å². The highest BCUT2D eigenvalue weighted by atomic mass is 15.2. The molecular formula is C15H24N2. The van der Waals surface area contributed by atoms with Crippen LogP contribution in [0.3, 0.4) is 0 Å². The van der Waals surface area contributed by atoms with Crippen molar-refractivity contribution in [1.29, 1.82) is 0 Å². The third kappa shape index (κ3) is 3.55. The fourth-order valence-electron chi connectivity index (χ4n) is 2.31. The molecule has 2 heteroatoms. The molecule has 0 aliphatic heterocycles. The highest BCUT2D eigenvalue weighted by Crippen LogP contribution is 2.29. The summed E-state index contributed by atoms with van der Waals surface area (Å²) in [6, 6.07) is 7.58. The van der Waals surface area contributed by atoms with Crippen LogP contribution in [0.4, 0.5) is 0 Å². The van der Waals surface area contributed by atoms with Crippen LogP contribution < -0.4 is 5.73 Å². The van der Waals surface area contributed by atoms with Gasteiger partial charge in [0, 0.05) is 12.6 Å². The zero-order chi connectivity index (χ0) is 12.3. The summed E-state index contributed by atoms with van der Waals surface area (Å²) in [5, 5.41) is 0. The molecular weight excluding hydrogens is 208 g/mol. The molecule has 1 saturated carbocycles. The van der Waals surface area contributed by atoms with Crippen LogP contribution in [-0.2, 0) is 6.54 Å². The van der Waals surface area contributed by atoms with Crippen molar-refractivity contribution in [2.24, 2.45) is 5.73 Å². The third-order valence-corrected chi connectivity index (χ3v) is 3.59. The maximum Gasteiger partial charge on any atom is 0.0239 e.